The average molecular weight is 445 g/mol. The smallest absolute Gasteiger partial charge is 0.275 e. The van der Waals surface area contributed by atoms with E-state index in [-0.39, 0.29) is 17.8 Å². The highest BCUT2D eigenvalue weighted by atomic mass is 19.1. The molecular formula is C25H24FN5O2. The lowest BCUT2D eigenvalue weighted by atomic mass is 9.97. The number of nitrogens with zero attached hydrogens (tertiary/aromatic N) is 5. The van der Waals surface area contributed by atoms with Gasteiger partial charge < -0.3 is 9.32 Å². The van der Waals surface area contributed by atoms with Gasteiger partial charge in [0.2, 0.25) is 11.8 Å². The quantitative estimate of drug-likeness (QED) is 0.452. The van der Waals surface area contributed by atoms with Crippen LogP contribution in [0.15, 0.2) is 65.2 Å². The fourth-order valence-corrected chi connectivity index (χ4v) is 4.34. The molecule has 3 heterocycles. The van der Waals surface area contributed by atoms with Crippen molar-refractivity contribution in [1.29, 1.82) is 0 Å². The van der Waals surface area contributed by atoms with Gasteiger partial charge in [0.05, 0.1) is 0 Å². The van der Waals surface area contributed by atoms with Gasteiger partial charge in [-0.2, -0.15) is 5.10 Å². The van der Waals surface area contributed by atoms with Crippen LogP contribution in [0.4, 0.5) is 4.39 Å². The Kier molecular flexibility index (Phi) is 5.73. The van der Waals surface area contributed by atoms with Crippen LogP contribution in [0.25, 0.3) is 22.6 Å². The largest absolute Gasteiger partial charge is 0.421 e. The molecule has 1 saturated heterocycles. The van der Waals surface area contributed by atoms with E-state index in [1.807, 2.05) is 35.2 Å². The van der Waals surface area contributed by atoms with Gasteiger partial charge in [-0.3, -0.25) is 9.48 Å². The lowest BCUT2D eigenvalue weighted by Crippen LogP contribution is -2.45. The molecule has 168 valence electrons. The Morgan fingerprint density at radius 3 is 2.64 bits per heavy atom. The van der Waals surface area contributed by atoms with E-state index in [1.54, 1.807) is 30.1 Å². The monoisotopic (exact) mass is 445 g/mol. The van der Waals surface area contributed by atoms with E-state index in [1.165, 1.54) is 12.1 Å². The first kappa shape index (κ1) is 21.1. The molecule has 2 aromatic heterocycles. The van der Waals surface area contributed by atoms with Crippen LogP contribution < -0.4 is 0 Å². The summed E-state index contributed by atoms with van der Waals surface area (Å²) in [5.41, 5.74) is 2.68. The molecule has 1 atom stereocenters. The minimum Gasteiger partial charge on any atom is -0.421 e. The highest BCUT2D eigenvalue weighted by molar-refractivity contribution is 5.99. The van der Waals surface area contributed by atoms with Gasteiger partial charge in [0, 0.05) is 43.4 Å². The summed E-state index contributed by atoms with van der Waals surface area (Å²) in [6.45, 7) is 0.641. The van der Waals surface area contributed by atoms with Crippen molar-refractivity contribution >= 4 is 5.91 Å². The second kappa shape index (κ2) is 8.97. The number of amides is 1. The van der Waals surface area contributed by atoms with E-state index in [4.69, 9.17) is 4.42 Å². The molecule has 1 aliphatic heterocycles. The first-order valence-corrected chi connectivity index (χ1v) is 11.1. The molecule has 7 nitrogen and oxygen atoms in total. The molecule has 0 N–H and O–H groups in total. The van der Waals surface area contributed by atoms with E-state index in [2.05, 4.69) is 15.3 Å². The molecule has 1 unspecified atom stereocenters. The number of rotatable bonds is 5. The molecule has 4 aromatic rings. The van der Waals surface area contributed by atoms with E-state index >= 15 is 0 Å². The first-order chi connectivity index (χ1) is 16.1. The Labute approximate surface area is 190 Å². The van der Waals surface area contributed by atoms with Crippen LogP contribution in [0.3, 0.4) is 0 Å². The number of carbonyl (C=O) groups excluding carboxylic acids is 1. The Morgan fingerprint density at radius 1 is 1.06 bits per heavy atom. The van der Waals surface area contributed by atoms with Crippen LogP contribution in [-0.2, 0) is 13.5 Å². The van der Waals surface area contributed by atoms with Crippen molar-refractivity contribution in [3.05, 3.63) is 78.2 Å². The normalized spacial score (nSPS) is 16.2. The molecular weight excluding hydrogens is 421 g/mol. The number of hydrogen-bond acceptors (Lipinski definition) is 5. The van der Waals surface area contributed by atoms with Crippen molar-refractivity contribution in [3.8, 4) is 22.6 Å². The summed E-state index contributed by atoms with van der Waals surface area (Å²) >= 11 is 0. The number of benzene rings is 2. The first-order valence-electron chi connectivity index (χ1n) is 11.1. The molecule has 0 aliphatic carbocycles. The van der Waals surface area contributed by atoms with Crippen molar-refractivity contribution in [2.45, 2.75) is 31.7 Å². The molecule has 33 heavy (non-hydrogen) atoms. The van der Waals surface area contributed by atoms with Crippen molar-refractivity contribution in [2.24, 2.45) is 7.05 Å². The van der Waals surface area contributed by atoms with E-state index < -0.39 is 0 Å². The average Bonchev–Trinajstić information content (AvgIpc) is 3.47. The maximum atomic E-state index is 13.6. The van der Waals surface area contributed by atoms with Crippen LogP contribution in [0.5, 0.6) is 0 Å². The topological polar surface area (TPSA) is 77.0 Å². The summed E-state index contributed by atoms with van der Waals surface area (Å²) in [6, 6.07) is 15.7. The molecule has 0 radical (unpaired) electrons. The van der Waals surface area contributed by atoms with Gasteiger partial charge in [-0.1, -0.05) is 30.3 Å². The van der Waals surface area contributed by atoms with Crippen molar-refractivity contribution in [3.63, 3.8) is 0 Å². The van der Waals surface area contributed by atoms with Gasteiger partial charge in [-0.25, -0.2) is 4.39 Å². The fourth-order valence-electron chi connectivity index (χ4n) is 4.34. The van der Waals surface area contributed by atoms with Gasteiger partial charge in [0.15, 0.2) is 5.69 Å². The summed E-state index contributed by atoms with van der Waals surface area (Å²) in [4.78, 5) is 15.5. The third-order valence-corrected chi connectivity index (χ3v) is 5.97. The molecule has 2 aromatic carbocycles. The molecule has 1 aliphatic rings. The second-order valence-corrected chi connectivity index (χ2v) is 8.29. The van der Waals surface area contributed by atoms with E-state index in [9.17, 15) is 9.18 Å². The maximum absolute atomic E-state index is 13.6. The lowest BCUT2D eigenvalue weighted by Gasteiger charge is -2.34. The van der Waals surface area contributed by atoms with Gasteiger partial charge in [-0.15, -0.1) is 10.2 Å². The van der Waals surface area contributed by atoms with Crippen molar-refractivity contribution < 1.29 is 13.6 Å². The summed E-state index contributed by atoms with van der Waals surface area (Å²) < 4.78 is 20.9. The number of piperidine rings is 1. The second-order valence-electron chi connectivity index (χ2n) is 8.29. The predicted molar refractivity (Wildman–Crippen MR) is 121 cm³/mol. The number of likely N-dealkylation sites (tertiary alicyclic amines) is 1. The van der Waals surface area contributed by atoms with Crippen LogP contribution >= 0.6 is 0 Å². The lowest BCUT2D eigenvalue weighted by molar-refractivity contribution is 0.0599. The van der Waals surface area contributed by atoms with Crippen LogP contribution in [0.1, 0.15) is 35.6 Å². The molecule has 0 saturated carbocycles. The SMILES string of the molecule is Cn1cc(-c2ccc(F)cc2)c(C(=O)N2CCCCC2Cc2nnc(-c3ccccc3)o2)n1. The number of hydrogen-bond donors (Lipinski definition) is 0. The van der Waals surface area contributed by atoms with Gasteiger partial charge in [0.25, 0.3) is 5.91 Å². The van der Waals surface area contributed by atoms with Gasteiger partial charge in [-0.05, 0) is 49.1 Å². The Bertz CT molecular complexity index is 1250. The summed E-state index contributed by atoms with van der Waals surface area (Å²) in [5, 5.41) is 12.8. The van der Waals surface area contributed by atoms with Crippen LogP contribution in [0, 0.1) is 5.82 Å². The summed E-state index contributed by atoms with van der Waals surface area (Å²) in [6.07, 6.45) is 5.10. The summed E-state index contributed by atoms with van der Waals surface area (Å²) in [5.74, 6) is 0.532. The zero-order chi connectivity index (χ0) is 22.8. The Balaban J connectivity index is 1.39. The van der Waals surface area contributed by atoms with E-state index in [0.29, 0.717) is 36.0 Å². The van der Waals surface area contributed by atoms with Gasteiger partial charge >= 0.3 is 0 Å². The molecule has 1 amide bonds. The van der Waals surface area contributed by atoms with Crippen molar-refractivity contribution in [2.75, 3.05) is 6.54 Å². The van der Waals surface area contributed by atoms with Crippen molar-refractivity contribution in [1.82, 2.24) is 24.9 Å². The van der Waals surface area contributed by atoms with Crippen LogP contribution in [0.2, 0.25) is 0 Å². The maximum Gasteiger partial charge on any atom is 0.275 e. The summed E-state index contributed by atoms with van der Waals surface area (Å²) in [7, 11) is 1.78. The zero-order valence-electron chi connectivity index (χ0n) is 18.3. The zero-order valence-corrected chi connectivity index (χ0v) is 18.3. The van der Waals surface area contributed by atoms with Crippen LogP contribution in [-0.4, -0.2) is 43.4 Å². The highest BCUT2D eigenvalue weighted by Gasteiger charge is 2.32. The van der Waals surface area contributed by atoms with E-state index in [0.717, 1.165) is 30.4 Å². The molecule has 5 rings (SSSR count). The Morgan fingerprint density at radius 2 is 1.85 bits per heavy atom. The molecule has 8 heteroatoms. The third-order valence-electron chi connectivity index (χ3n) is 5.97. The minimum absolute atomic E-state index is 0.0570. The highest BCUT2D eigenvalue weighted by Crippen LogP contribution is 2.28. The number of aryl methyl sites for hydroxylation is 1. The molecule has 0 spiro atoms. The van der Waals surface area contributed by atoms with Gasteiger partial charge in [0.1, 0.15) is 5.82 Å². The Hall–Kier alpha value is -3.81. The number of halogens is 1. The molecule has 1 fully saturated rings. The molecule has 0 bridgehead atoms. The third kappa shape index (κ3) is 4.41. The number of carbonyl (C=O) groups is 1. The standard InChI is InChI=1S/C25H24FN5O2/c1-30-16-21(17-10-12-19(26)13-11-17)23(29-30)25(32)31-14-6-5-9-20(31)15-22-27-28-24(33-22)18-7-3-2-4-8-18/h2-4,7-8,10-13,16,20H,5-6,9,14-15H2,1H3. The fraction of sp³-hybridized carbons (Fsp3) is 0.280. The number of aromatic nitrogens is 4. The minimum atomic E-state index is -0.318. The predicted octanol–water partition coefficient (Wildman–Crippen LogP) is 4.51.